The fourth-order valence-corrected chi connectivity index (χ4v) is 6.53. The first kappa shape index (κ1) is 28.8. The van der Waals surface area contributed by atoms with Gasteiger partial charge in [-0.1, -0.05) is 49.4 Å². The molecule has 3 aromatic rings. The van der Waals surface area contributed by atoms with Gasteiger partial charge in [-0.3, -0.25) is 9.59 Å². The summed E-state index contributed by atoms with van der Waals surface area (Å²) in [6, 6.07) is 17.4. The highest BCUT2D eigenvalue weighted by atomic mass is 32.2. The molecule has 0 aromatic heterocycles. The number of sulfonamides is 1. The summed E-state index contributed by atoms with van der Waals surface area (Å²) in [6.07, 6.45) is 0. The van der Waals surface area contributed by atoms with Gasteiger partial charge in [0.15, 0.2) is 0 Å². The molecule has 0 unspecified atom stereocenters. The number of nitrogens with one attached hydrogen (secondary N) is 2. The van der Waals surface area contributed by atoms with Gasteiger partial charge >= 0.3 is 0 Å². The lowest BCUT2D eigenvalue weighted by Crippen LogP contribution is -2.56. The van der Waals surface area contributed by atoms with Crippen LogP contribution >= 0.6 is 11.8 Å². The second-order valence-electron chi connectivity index (χ2n) is 9.79. The maximum atomic E-state index is 14.1. The Morgan fingerprint density at radius 3 is 2.49 bits per heavy atom. The minimum absolute atomic E-state index is 0.161. The Balaban J connectivity index is 1.65. The summed E-state index contributed by atoms with van der Waals surface area (Å²) in [5, 5.41) is 2.74. The first-order valence-electron chi connectivity index (χ1n) is 12.4. The van der Waals surface area contributed by atoms with Crippen LogP contribution in [0.3, 0.4) is 0 Å². The molecule has 1 atom stereocenters. The average molecular weight is 571 g/mol. The number of carbonyl (C=O) groups excluding carboxylic acids is 2. The molecule has 11 heteroatoms. The molecule has 1 aliphatic rings. The first-order chi connectivity index (χ1) is 18.4. The monoisotopic (exact) mass is 570 g/mol. The molecule has 0 saturated heterocycles. The summed E-state index contributed by atoms with van der Waals surface area (Å²) in [4.78, 5) is 28.5. The van der Waals surface area contributed by atoms with Crippen molar-refractivity contribution in [3.05, 3.63) is 78.1 Å². The van der Waals surface area contributed by atoms with E-state index in [-0.39, 0.29) is 29.6 Å². The molecule has 206 valence electrons. The van der Waals surface area contributed by atoms with Crippen molar-refractivity contribution in [1.82, 2.24) is 10.0 Å². The molecule has 0 bridgehead atoms. The number of nitrogens with zero attached hydrogens (tertiary/aromatic N) is 1. The lowest BCUT2D eigenvalue weighted by Gasteiger charge is -2.28. The van der Waals surface area contributed by atoms with Gasteiger partial charge in [-0.05, 0) is 49.2 Å². The molecule has 0 radical (unpaired) electrons. The molecule has 4 rings (SSSR count). The topological polar surface area (TPSA) is 122 Å². The second-order valence-corrected chi connectivity index (χ2v) is 12.6. The van der Waals surface area contributed by atoms with Crippen LogP contribution in [0.25, 0.3) is 11.1 Å². The number of hydrogen-bond donors (Lipinski definition) is 3. The number of thioether (sulfide) groups is 1. The third kappa shape index (κ3) is 6.50. The van der Waals surface area contributed by atoms with Crippen molar-refractivity contribution in [2.24, 2.45) is 5.73 Å². The van der Waals surface area contributed by atoms with Gasteiger partial charge in [0.2, 0.25) is 15.9 Å². The van der Waals surface area contributed by atoms with Gasteiger partial charge in [0.25, 0.3) is 5.91 Å². The van der Waals surface area contributed by atoms with E-state index in [1.807, 2.05) is 12.1 Å². The van der Waals surface area contributed by atoms with Crippen LogP contribution in [0.2, 0.25) is 0 Å². The van der Waals surface area contributed by atoms with Gasteiger partial charge in [0.1, 0.15) is 11.9 Å². The van der Waals surface area contributed by atoms with Gasteiger partial charge in [-0.15, -0.1) is 11.8 Å². The predicted molar refractivity (Wildman–Crippen MR) is 151 cm³/mol. The maximum absolute atomic E-state index is 14.1. The van der Waals surface area contributed by atoms with Gasteiger partial charge in [-0.25, -0.2) is 17.5 Å². The largest absolute Gasteiger partial charge is 0.342 e. The highest BCUT2D eigenvalue weighted by Crippen LogP contribution is 2.36. The van der Waals surface area contributed by atoms with Crippen molar-refractivity contribution in [1.29, 1.82) is 0 Å². The summed E-state index contributed by atoms with van der Waals surface area (Å²) in [6.45, 7) is 5.27. The van der Waals surface area contributed by atoms with Crippen LogP contribution in [-0.4, -0.2) is 44.1 Å². The van der Waals surface area contributed by atoms with E-state index >= 15 is 0 Å². The number of amides is 2. The molecule has 8 nitrogen and oxygen atoms in total. The van der Waals surface area contributed by atoms with Crippen LogP contribution in [0.5, 0.6) is 0 Å². The molecule has 0 fully saturated rings. The molecule has 0 saturated carbocycles. The number of carbonyl (C=O) groups is 2. The normalized spacial score (nSPS) is 16.0. The van der Waals surface area contributed by atoms with Gasteiger partial charge in [0.05, 0.1) is 22.7 Å². The second kappa shape index (κ2) is 11.5. The summed E-state index contributed by atoms with van der Waals surface area (Å²) < 4.78 is 42.0. The Labute approximate surface area is 232 Å². The van der Waals surface area contributed by atoms with E-state index < -0.39 is 33.3 Å². The molecule has 39 heavy (non-hydrogen) atoms. The van der Waals surface area contributed by atoms with E-state index in [2.05, 4.69) is 10.0 Å². The number of benzene rings is 3. The van der Waals surface area contributed by atoms with Gasteiger partial charge in [-0.2, -0.15) is 0 Å². The van der Waals surface area contributed by atoms with E-state index in [4.69, 9.17) is 5.73 Å². The fourth-order valence-electron chi connectivity index (χ4n) is 4.17. The van der Waals surface area contributed by atoms with Crippen LogP contribution in [0.1, 0.15) is 26.3 Å². The maximum Gasteiger partial charge on any atom is 0.250 e. The molecule has 1 aliphatic heterocycles. The smallest absolute Gasteiger partial charge is 0.250 e. The first-order valence-corrected chi connectivity index (χ1v) is 14.9. The third-order valence-corrected chi connectivity index (χ3v) is 8.93. The lowest BCUT2D eigenvalue weighted by molar-refractivity contribution is -0.129. The molecule has 4 N–H and O–H groups in total. The van der Waals surface area contributed by atoms with Crippen molar-refractivity contribution in [3.63, 3.8) is 0 Å². The highest BCUT2D eigenvalue weighted by Gasteiger charge is 2.34. The van der Waals surface area contributed by atoms with Crippen LogP contribution < -0.4 is 20.7 Å². The molecular formula is C28H31FN4O4S2. The Bertz CT molecular complexity index is 1490. The summed E-state index contributed by atoms with van der Waals surface area (Å²) in [5.41, 5.74) is 7.32. The van der Waals surface area contributed by atoms with Crippen LogP contribution in [0, 0.1) is 5.82 Å². The molecular weight excluding hydrogens is 539 g/mol. The molecule has 0 aliphatic carbocycles. The standard InChI is InChI=1S/C28H31FN4O4S2/c1-4-31-39(36,37)25-8-6-5-7-21(25)19-11-9-18(10-12-19)16-33-23-14-13-20(29)15-24(23)38-17-22(26(33)34)32-27(35)28(2,3)30/h5-15,22,31H,4,16-17,30H2,1-3H3,(H,32,35)/t22-/m1/s1. The van der Waals surface area contributed by atoms with Crippen molar-refractivity contribution in [2.75, 3.05) is 17.2 Å². The predicted octanol–water partition coefficient (Wildman–Crippen LogP) is 3.65. The highest BCUT2D eigenvalue weighted by molar-refractivity contribution is 7.99. The van der Waals surface area contributed by atoms with E-state index in [1.54, 1.807) is 63.2 Å². The van der Waals surface area contributed by atoms with Crippen molar-refractivity contribution in [3.8, 4) is 11.1 Å². The average Bonchev–Trinajstić information content (AvgIpc) is 3.00. The third-order valence-electron chi connectivity index (χ3n) is 6.19. The van der Waals surface area contributed by atoms with E-state index in [0.717, 1.165) is 5.56 Å². The van der Waals surface area contributed by atoms with E-state index in [1.165, 1.54) is 28.8 Å². The van der Waals surface area contributed by atoms with Crippen LogP contribution in [0.15, 0.2) is 76.5 Å². The summed E-state index contributed by atoms with van der Waals surface area (Å²) >= 11 is 1.29. The zero-order valence-corrected chi connectivity index (χ0v) is 23.5. The number of rotatable bonds is 8. The van der Waals surface area contributed by atoms with E-state index in [9.17, 15) is 22.4 Å². The number of fused-ring (bicyclic) bond motifs is 1. The molecule has 2 amide bonds. The number of halogens is 1. The van der Waals surface area contributed by atoms with E-state index in [0.29, 0.717) is 21.7 Å². The number of nitrogens with two attached hydrogens (primary N) is 1. The van der Waals surface area contributed by atoms with Crippen LogP contribution in [0.4, 0.5) is 10.1 Å². The van der Waals surface area contributed by atoms with Crippen molar-refractivity contribution < 1.29 is 22.4 Å². The Hall–Kier alpha value is -3.25. The zero-order chi connectivity index (χ0) is 28.4. The minimum Gasteiger partial charge on any atom is -0.342 e. The number of anilines is 1. The minimum atomic E-state index is -3.68. The van der Waals surface area contributed by atoms with Crippen molar-refractivity contribution >= 4 is 39.3 Å². The fraction of sp³-hybridized carbons (Fsp3) is 0.286. The van der Waals surface area contributed by atoms with Gasteiger partial charge < -0.3 is 16.0 Å². The lowest BCUT2D eigenvalue weighted by atomic mass is 10.0. The summed E-state index contributed by atoms with van der Waals surface area (Å²) in [5.74, 6) is -0.996. The van der Waals surface area contributed by atoms with Gasteiger partial charge in [0, 0.05) is 22.8 Å². The van der Waals surface area contributed by atoms with Crippen LogP contribution in [-0.2, 0) is 26.2 Å². The Morgan fingerprint density at radius 1 is 1.13 bits per heavy atom. The molecule has 0 spiro atoms. The van der Waals surface area contributed by atoms with Crippen molar-refractivity contribution in [2.45, 2.75) is 48.7 Å². The molecule has 3 aromatic carbocycles. The SMILES string of the molecule is CCNS(=O)(=O)c1ccccc1-c1ccc(CN2C(=O)[C@H](NC(=O)C(C)(C)N)CSc3cc(F)ccc32)cc1. The molecule has 1 heterocycles. The number of hydrogen-bond acceptors (Lipinski definition) is 6. The Morgan fingerprint density at radius 2 is 1.82 bits per heavy atom. The zero-order valence-electron chi connectivity index (χ0n) is 21.9. The summed E-state index contributed by atoms with van der Waals surface area (Å²) in [7, 11) is -3.68. The Kier molecular flexibility index (Phi) is 8.45. The quantitative estimate of drug-likeness (QED) is 0.380.